The highest BCUT2D eigenvalue weighted by atomic mass is 19.3. The lowest BCUT2D eigenvalue weighted by molar-refractivity contribution is -0.118. The van der Waals surface area contributed by atoms with Crippen molar-refractivity contribution in [2.24, 2.45) is 11.7 Å². The Kier molecular flexibility index (Phi) is 9.10. The number of alkyl carbamates (subject to hydrolysis) is 1. The average molecular weight is 504 g/mol. The van der Waals surface area contributed by atoms with E-state index in [1.807, 2.05) is 0 Å². The number of nitrogens with zero attached hydrogens (tertiary/aromatic N) is 2. The molecule has 1 aromatic carbocycles. The van der Waals surface area contributed by atoms with Gasteiger partial charge in [0.1, 0.15) is 5.60 Å². The van der Waals surface area contributed by atoms with E-state index in [0.29, 0.717) is 10.2 Å². The van der Waals surface area contributed by atoms with Gasteiger partial charge < -0.3 is 21.1 Å². The predicted octanol–water partition coefficient (Wildman–Crippen LogP) is 4.95. The third-order valence-corrected chi connectivity index (χ3v) is 5.01. The quantitative estimate of drug-likeness (QED) is 0.395. The molecule has 1 aromatic heterocycles. The Hall–Kier alpha value is -4.02. The number of primary amides is 1. The van der Waals surface area contributed by atoms with E-state index >= 15 is 0 Å². The van der Waals surface area contributed by atoms with Crippen molar-refractivity contribution in [1.29, 1.82) is 0 Å². The van der Waals surface area contributed by atoms with Crippen molar-refractivity contribution < 1.29 is 27.9 Å². The van der Waals surface area contributed by atoms with Crippen LogP contribution in [0.15, 0.2) is 49.7 Å². The Morgan fingerprint density at radius 1 is 1.22 bits per heavy atom. The van der Waals surface area contributed by atoms with E-state index in [1.165, 1.54) is 24.3 Å². The lowest BCUT2D eigenvalue weighted by Crippen LogP contribution is -2.35. The second kappa shape index (κ2) is 11.6. The predicted molar refractivity (Wildman–Crippen MR) is 132 cm³/mol. The Morgan fingerprint density at radius 2 is 1.89 bits per heavy atom. The van der Waals surface area contributed by atoms with Crippen molar-refractivity contribution in [1.82, 2.24) is 15.1 Å². The highest BCUT2D eigenvalue weighted by Gasteiger charge is 2.25. The summed E-state index contributed by atoms with van der Waals surface area (Å²) in [5, 5.41) is 8.98. The van der Waals surface area contributed by atoms with Gasteiger partial charge in [0.05, 0.1) is 29.5 Å². The number of anilines is 1. The van der Waals surface area contributed by atoms with Gasteiger partial charge in [0.2, 0.25) is 11.8 Å². The summed E-state index contributed by atoms with van der Waals surface area (Å²) in [6.45, 7) is 10.9. The van der Waals surface area contributed by atoms with E-state index in [4.69, 9.17) is 10.5 Å². The SMILES string of the molecule is C=CCC(NC(=O)OC(C)(C)C)c1cc(C(N)=O)cc(-c2c(NC(=O)[C@H](C)C=C)cnn2C(F)F)c1. The fourth-order valence-electron chi connectivity index (χ4n) is 3.27. The summed E-state index contributed by atoms with van der Waals surface area (Å²) in [6.07, 6.45) is 3.55. The summed E-state index contributed by atoms with van der Waals surface area (Å²) in [6, 6.07) is 3.53. The zero-order valence-corrected chi connectivity index (χ0v) is 20.7. The summed E-state index contributed by atoms with van der Waals surface area (Å²) in [4.78, 5) is 37.0. The molecule has 1 unspecified atom stereocenters. The number of amides is 3. The summed E-state index contributed by atoms with van der Waals surface area (Å²) < 4.78 is 33.4. The first kappa shape index (κ1) is 28.2. The minimum Gasteiger partial charge on any atom is -0.444 e. The number of nitrogens with two attached hydrogens (primary N) is 1. The summed E-state index contributed by atoms with van der Waals surface area (Å²) in [5.74, 6) is -1.90. The molecule has 9 nitrogen and oxygen atoms in total. The lowest BCUT2D eigenvalue weighted by Gasteiger charge is -2.24. The number of hydrogen-bond acceptors (Lipinski definition) is 5. The Labute approximate surface area is 208 Å². The van der Waals surface area contributed by atoms with Gasteiger partial charge in [-0.25, -0.2) is 9.48 Å². The zero-order valence-electron chi connectivity index (χ0n) is 20.7. The fourth-order valence-corrected chi connectivity index (χ4v) is 3.27. The molecule has 2 aromatic rings. The van der Waals surface area contributed by atoms with Crippen LogP contribution in [0.5, 0.6) is 0 Å². The lowest BCUT2D eigenvalue weighted by atomic mass is 9.96. The van der Waals surface area contributed by atoms with Gasteiger partial charge in [-0.15, -0.1) is 13.2 Å². The van der Waals surface area contributed by atoms with Crippen LogP contribution in [0, 0.1) is 5.92 Å². The van der Waals surface area contributed by atoms with Gasteiger partial charge in [0.25, 0.3) is 0 Å². The van der Waals surface area contributed by atoms with Gasteiger partial charge in [-0.3, -0.25) is 9.59 Å². The molecule has 2 atom stereocenters. The molecule has 0 saturated carbocycles. The van der Waals surface area contributed by atoms with Crippen molar-refractivity contribution in [2.45, 2.75) is 52.3 Å². The number of carbonyl (C=O) groups excluding carboxylic acids is 3. The molecule has 0 aliphatic heterocycles. The molecule has 0 fully saturated rings. The standard InChI is InChI=1S/C25H31F2N5O4/c1-7-9-18(31-24(35)36-25(4,5)6)15-10-16(12-17(11-15)21(28)33)20-19(13-29-32(20)23(26)27)30-22(34)14(3)8-2/h7-8,10-14,18,23H,1-2,9H2,3-6H3,(H2,28,33)(H,30,34)(H,31,35)/t14-,18?/m1/s1. The third kappa shape index (κ3) is 7.24. The van der Waals surface area contributed by atoms with Crippen LogP contribution in [0.4, 0.5) is 19.3 Å². The van der Waals surface area contributed by atoms with Crippen molar-refractivity contribution in [2.75, 3.05) is 5.32 Å². The number of ether oxygens (including phenoxy) is 1. The van der Waals surface area contributed by atoms with E-state index < -0.39 is 42.0 Å². The van der Waals surface area contributed by atoms with E-state index in [0.717, 1.165) is 6.20 Å². The highest BCUT2D eigenvalue weighted by molar-refractivity contribution is 5.98. The molecule has 0 saturated heterocycles. The number of halogens is 2. The molecule has 0 bridgehead atoms. The molecule has 4 N–H and O–H groups in total. The molecule has 0 aliphatic carbocycles. The third-order valence-electron chi connectivity index (χ3n) is 5.01. The van der Waals surface area contributed by atoms with E-state index in [2.05, 4.69) is 28.9 Å². The Morgan fingerprint density at radius 3 is 2.42 bits per heavy atom. The highest BCUT2D eigenvalue weighted by Crippen LogP contribution is 2.34. The molecule has 0 radical (unpaired) electrons. The molecule has 0 spiro atoms. The average Bonchev–Trinajstić information content (AvgIpc) is 3.20. The van der Waals surface area contributed by atoms with Crippen LogP contribution in [0.1, 0.15) is 62.6 Å². The largest absolute Gasteiger partial charge is 0.444 e. The topological polar surface area (TPSA) is 128 Å². The molecule has 2 rings (SSSR count). The van der Waals surface area contributed by atoms with Crippen molar-refractivity contribution in [3.05, 3.63) is 60.8 Å². The number of alkyl halides is 2. The van der Waals surface area contributed by atoms with Gasteiger partial charge in [0.15, 0.2) is 0 Å². The van der Waals surface area contributed by atoms with Crippen LogP contribution in [0.25, 0.3) is 11.3 Å². The molecule has 1 heterocycles. The van der Waals surface area contributed by atoms with Gasteiger partial charge in [0, 0.05) is 11.1 Å². The number of carbonyl (C=O) groups is 3. The Bertz CT molecular complexity index is 1150. The zero-order chi connectivity index (χ0) is 27.2. The van der Waals surface area contributed by atoms with Gasteiger partial charge in [-0.2, -0.15) is 13.9 Å². The molecular weight excluding hydrogens is 472 g/mol. The molecule has 36 heavy (non-hydrogen) atoms. The van der Waals surface area contributed by atoms with Gasteiger partial charge >= 0.3 is 12.6 Å². The first-order valence-electron chi connectivity index (χ1n) is 11.1. The minimum atomic E-state index is -3.05. The molecule has 11 heteroatoms. The maximum atomic E-state index is 13.9. The number of hydrogen-bond donors (Lipinski definition) is 3. The molecule has 0 aliphatic rings. The van der Waals surface area contributed by atoms with Crippen LogP contribution in [0.3, 0.4) is 0 Å². The maximum absolute atomic E-state index is 13.9. The summed E-state index contributed by atoms with van der Waals surface area (Å²) in [5.41, 5.74) is 5.12. The second-order valence-electron chi connectivity index (χ2n) is 9.07. The number of rotatable bonds is 10. The normalized spacial score (nSPS) is 13.0. The monoisotopic (exact) mass is 503 g/mol. The molecule has 194 valence electrons. The van der Waals surface area contributed by atoms with Crippen molar-refractivity contribution >= 4 is 23.6 Å². The first-order valence-corrected chi connectivity index (χ1v) is 11.1. The second-order valence-corrected chi connectivity index (χ2v) is 9.07. The molecular formula is C25H31F2N5O4. The van der Waals surface area contributed by atoms with Gasteiger partial charge in [-0.05, 0) is 51.0 Å². The van der Waals surface area contributed by atoms with E-state index in [-0.39, 0.29) is 28.9 Å². The summed E-state index contributed by atoms with van der Waals surface area (Å²) in [7, 11) is 0. The maximum Gasteiger partial charge on any atom is 0.408 e. The first-order chi connectivity index (χ1) is 16.8. The Balaban J connectivity index is 2.65. The number of nitrogens with one attached hydrogen (secondary N) is 2. The van der Waals surface area contributed by atoms with Crippen LogP contribution in [-0.4, -0.2) is 33.3 Å². The smallest absolute Gasteiger partial charge is 0.408 e. The van der Waals surface area contributed by atoms with Crippen LogP contribution < -0.4 is 16.4 Å². The van der Waals surface area contributed by atoms with Crippen LogP contribution >= 0.6 is 0 Å². The fraction of sp³-hybridized carbons (Fsp3) is 0.360. The van der Waals surface area contributed by atoms with Crippen molar-refractivity contribution in [3.8, 4) is 11.3 Å². The minimum absolute atomic E-state index is 0.00121. The van der Waals surface area contributed by atoms with Crippen molar-refractivity contribution in [3.63, 3.8) is 0 Å². The number of benzene rings is 1. The summed E-state index contributed by atoms with van der Waals surface area (Å²) >= 11 is 0. The van der Waals surface area contributed by atoms with Crippen LogP contribution in [0.2, 0.25) is 0 Å². The van der Waals surface area contributed by atoms with E-state index in [1.54, 1.807) is 33.8 Å². The molecule has 3 amide bonds. The van der Waals surface area contributed by atoms with Crippen LogP contribution in [-0.2, 0) is 9.53 Å². The number of aromatic nitrogens is 2. The van der Waals surface area contributed by atoms with E-state index in [9.17, 15) is 23.2 Å². The van der Waals surface area contributed by atoms with Gasteiger partial charge in [-0.1, -0.05) is 19.1 Å².